The summed E-state index contributed by atoms with van der Waals surface area (Å²) in [4.78, 5) is 6.72. The highest BCUT2D eigenvalue weighted by Crippen LogP contribution is 2.44. The molecular weight excluding hydrogens is 572 g/mol. The number of allylic oxidation sites excluding steroid dienone is 2. The molecule has 0 aliphatic carbocycles. The molecule has 1 fully saturated rings. The Bertz CT molecular complexity index is 1510. The fraction of sp³-hybridized carbons (Fsp3) is 0.432. The molecule has 4 unspecified atom stereocenters. The Kier molecular flexibility index (Phi) is 10.9. The smallest absolute Gasteiger partial charge is 0.143 e. The van der Waals surface area contributed by atoms with Crippen LogP contribution in [0.4, 0.5) is 8.78 Å². The number of hydrogen-bond donors (Lipinski definition) is 0. The molecule has 3 heterocycles. The molecule has 8 heteroatoms. The number of piperidine rings is 1. The van der Waals surface area contributed by atoms with Gasteiger partial charge in [-0.25, -0.2) is 13.8 Å². The second kappa shape index (κ2) is 15.0. The van der Waals surface area contributed by atoms with E-state index in [2.05, 4.69) is 48.5 Å². The minimum atomic E-state index is -0.589. The van der Waals surface area contributed by atoms with E-state index in [1.54, 1.807) is 13.4 Å². The van der Waals surface area contributed by atoms with Gasteiger partial charge in [-0.05, 0) is 85.1 Å². The van der Waals surface area contributed by atoms with Gasteiger partial charge >= 0.3 is 0 Å². The summed E-state index contributed by atoms with van der Waals surface area (Å²) in [7, 11) is 1.67. The predicted octanol–water partition coefficient (Wildman–Crippen LogP) is 8.08. The maximum Gasteiger partial charge on any atom is 0.143 e. The number of hydrogen-bond acceptors (Lipinski definition) is 5. The second-order valence-corrected chi connectivity index (χ2v) is 12.2. The lowest BCUT2D eigenvalue weighted by Gasteiger charge is -2.46. The van der Waals surface area contributed by atoms with Crippen molar-refractivity contribution < 1.29 is 23.0 Å². The Morgan fingerprint density at radius 1 is 1.18 bits per heavy atom. The zero-order valence-electron chi connectivity index (χ0n) is 26.8. The van der Waals surface area contributed by atoms with Crippen LogP contribution in [0.15, 0.2) is 78.9 Å². The molecule has 0 saturated carbocycles. The number of rotatable bonds is 10. The van der Waals surface area contributed by atoms with Crippen molar-refractivity contribution in [3.63, 3.8) is 0 Å². The van der Waals surface area contributed by atoms with E-state index in [9.17, 15) is 8.78 Å². The van der Waals surface area contributed by atoms with Gasteiger partial charge in [-0.2, -0.15) is 0 Å². The third-order valence-electron chi connectivity index (χ3n) is 8.82. The van der Waals surface area contributed by atoms with Gasteiger partial charge in [0, 0.05) is 37.0 Å². The number of imidazole rings is 1. The van der Waals surface area contributed by atoms with Gasteiger partial charge in [-0.15, -0.1) is 6.58 Å². The Labute approximate surface area is 266 Å². The lowest BCUT2D eigenvalue weighted by Crippen LogP contribution is -2.44. The summed E-state index contributed by atoms with van der Waals surface area (Å²) >= 11 is 0. The van der Waals surface area contributed by atoms with E-state index in [-0.39, 0.29) is 23.8 Å². The first kappa shape index (κ1) is 32.6. The summed E-state index contributed by atoms with van der Waals surface area (Å²) in [5.41, 5.74) is 5.65. The Hall–Kier alpha value is -3.75. The summed E-state index contributed by atoms with van der Waals surface area (Å²) in [6.45, 7) is 13.1. The topological polar surface area (TPSA) is 48.8 Å². The zero-order valence-corrected chi connectivity index (χ0v) is 26.8. The number of fused-ring (bicyclic) bond motifs is 1. The normalized spacial score (nSPS) is 22.2. The monoisotopic (exact) mass is 617 g/mol. The zero-order chi connectivity index (χ0) is 31.9. The standard InChI is InChI=1S/C37H45F2N3O3/c1-6-12-44-22-31-23-45-13-8-9-34-28(14-27-10-11-35(36(15-27)43-5)41-20-26(4)40-24-41)16-30(25(3)7-2)21-42(34)37(31)29-17-32(38)19-33(39)18-29/h7,9-11,14-15,17-20,24-25,30-31,37H,2,6,8,12-13,16,21-23H2,1,3-5H3. The number of halogens is 2. The van der Waals surface area contributed by atoms with Gasteiger partial charge in [0.1, 0.15) is 17.4 Å². The van der Waals surface area contributed by atoms with Gasteiger partial charge in [-0.1, -0.05) is 32.1 Å². The lowest BCUT2D eigenvalue weighted by molar-refractivity contribution is 0.00110. The van der Waals surface area contributed by atoms with Crippen molar-refractivity contribution >= 4 is 6.08 Å². The van der Waals surface area contributed by atoms with Crippen LogP contribution < -0.4 is 4.74 Å². The number of benzene rings is 2. The Morgan fingerprint density at radius 3 is 2.67 bits per heavy atom. The van der Waals surface area contributed by atoms with Crippen molar-refractivity contribution in [1.82, 2.24) is 14.5 Å². The average molecular weight is 618 g/mol. The van der Waals surface area contributed by atoms with Crippen molar-refractivity contribution in [1.29, 1.82) is 0 Å². The Balaban J connectivity index is 1.63. The highest BCUT2D eigenvalue weighted by molar-refractivity contribution is 5.63. The van der Waals surface area contributed by atoms with E-state index in [1.165, 1.54) is 12.1 Å². The minimum Gasteiger partial charge on any atom is -0.495 e. The highest BCUT2D eigenvalue weighted by Gasteiger charge is 2.38. The van der Waals surface area contributed by atoms with Crippen LogP contribution in [0.3, 0.4) is 0 Å². The summed E-state index contributed by atoms with van der Waals surface area (Å²) < 4.78 is 49.6. The summed E-state index contributed by atoms with van der Waals surface area (Å²) in [6.07, 6.45) is 12.6. The van der Waals surface area contributed by atoms with E-state index in [1.807, 2.05) is 35.9 Å². The number of methoxy groups -OCH3 is 1. The van der Waals surface area contributed by atoms with Crippen LogP contribution in [0.2, 0.25) is 0 Å². The molecule has 2 aliphatic heterocycles. The predicted molar refractivity (Wildman–Crippen MR) is 174 cm³/mol. The first-order valence-electron chi connectivity index (χ1n) is 15.9. The molecule has 3 aromatic rings. The fourth-order valence-corrected chi connectivity index (χ4v) is 6.50. The van der Waals surface area contributed by atoms with Gasteiger partial charge in [0.05, 0.1) is 50.7 Å². The molecule has 0 radical (unpaired) electrons. The van der Waals surface area contributed by atoms with Crippen LogP contribution in [-0.4, -0.2) is 54.5 Å². The van der Waals surface area contributed by atoms with Crippen LogP contribution in [0.5, 0.6) is 5.75 Å². The minimum absolute atomic E-state index is 0.142. The van der Waals surface area contributed by atoms with E-state index in [0.29, 0.717) is 38.5 Å². The van der Waals surface area contributed by atoms with Crippen molar-refractivity contribution in [2.75, 3.05) is 40.1 Å². The van der Waals surface area contributed by atoms with Crippen molar-refractivity contribution in [2.24, 2.45) is 17.8 Å². The molecule has 2 aliphatic rings. The van der Waals surface area contributed by atoms with E-state index in [4.69, 9.17) is 14.2 Å². The maximum atomic E-state index is 14.8. The third kappa shape index (κ3) is 7.74. The first-order valence-corrected chi connectivity index (χ1v) is 15.9. The van der Waals surface area contributed by atoms with E-state index >= 15 is 0 Å². The van der Waals surface area contributed by atoms with Crippen LogP contribution in [-0.2, 0) is 9.47 Å². The highest BCUT2D eigenvalue weighted by atomic mass is 19.1. The molecular formula is C37H45F2N3O3. The van der Waals surface area contributed by atoms with Crippen LogP contribution >= 0.6 is 0 Å². The van der Waals surface area contributed by atoms with E-state index < -0.39 is 11.6 Å². The molecule has 0 amide bonds. The number of aromatic nitrogens is 2. The Morgan fingerprint density at radius 2 is 1.98 bits per heavy atom. The molecule has 240 valence electrons. The molecule has 0 bridgehead atoms. The molecule has 45 heavy (non-hydrogen) atoms. The van der Waals surface area contributed by atoms with E-state index in [0.717, 1.165) is 59.3 Å². The molecule has 1 saturated heterocycles. The molecule has 5 rings (SSSR count). The molecule has 4 atom stereocenters. The van der Waals surface area contributed by atoms with Gasteiger partial charge in [0.15, 0.2) is 0 Å². The molecule has 2 aromatic carbocycles. The van der Waals surface area contributed by atoms with Crippen molar-refractivity contribution in [3.8, 4) is 11.4 Å². The van der Waals surface area contributed by atoms with Gasteiger partial charge < -0.3 is 23.7 Å². The van der Waals surface area contributed by atoms with Crippen molar-refractivity contribution in [2.45, 2.75) is 46.1 Å². The maximum absolute atomic E-state index is 14.8. The first-order chi connectivity index (χ1) is 21.8. The average Bonchev–Trinajstić information content (AvgIpc) is 3.49. The lowest BCUT2D eigenvalue weighted by atomic mass is 9.79. The van der Waals surface area contributed by atoms with Crippen LogP contribution in [0.1, 0.15) is 56.0 Å². The summed E-state index contributed by atoms with van der Waals surface area (Å²) in [5.74, 6) is -0.122. The number of aryl methyl sites for hydroxylation is 1. The largest absolute Gasteiger partial charge is 0.495 e. The third-order valence-corrected chi connectivity index (χ3v) is 8.82. The van der Waals surface area contributed by atoms with Crippen LogP contribution in [0.25, 0.3) is 11.8 Å². The summed E-state index contributed by atoms with van der Waals surface area (Å²) in [5, 5.41) is 0. The molecule has 0 N–H and O–H groups in total. The quantitative estimate of drug-likeness (QED) is 0.170. The molecule has 6 nitrogen and oxygen atoms in total. The number of ether oxygens (including phenoxy) is 3. The summed E-state index contributed by atoms with van der Waals surface area (Å²) in [6, 6.07) is 9.67. The van der Waals surface area contributed by atoms with Gasteiger partial charge in [-0.3, -0.25) is 0 Å². The SMILES string of the molecule is C=CC(C)C1CC(=Cc2ccc(-n3cnc(C)c3)c(OC)c2)C2=CCCOCC(COCCC)C(c3cc(F)cc(F)c3)N2C1. The van der Waals surface area contributed by atoms with Crippen molar-refractivity contribution in [3.05, 3.63) is 107 Å². The van der Waals surface area contributed by atoms with Crippen LogP contribution in [0, 0.1) is 36.3 Å². The van der Waals surface area contributed by atoms with Gasteiger partial charge in [0.25, 0.3) is 0 Å². The fourth-order valence-electron chi connectivity index (χ4n) is 6.50. The molecule has 0 spiro atoms. The molecule has 1 aromatic heterocycles. The van der Waals surface area contributed by atoms with Gasteiger partial charge in [0.2, 0.25) is 0 Å². The number of nitrogens with zero attached hydrogens (tertiary/aromatic N) is 3. The second-order valence-electron chi connectivity index (χ2n) is 12.2.